The summed E-state index contributed by atoms with van der Waals surface area (Å²) in [5, 5.41) is 0. The van der Waals surface area contributed by atoms with Crippen molar-refractivity contribution >= 4 is 0 Å². The van der Waals surface area contributed by atoms with Crippen molar-refractivity contribution < 1.29 is 28.4 Å². The van der Waals surface area contributed by atoms with Crippen LogP contribution in [0.1, 0.15) is 55.1 Å². The lowest BCUT2D eigenvalue weighted by Gasteiger charge is -2.49. The predicted octanol–water partition coefficient (Wildman–Crippen LogP) is 6.35. The molecule has 3 aromatic carbocycles. The van der Waals surface area contributed by atoms with Gasteiger partial charge in [0, 0.05) is 5.56 Å². The van der Waals surface area contributed by atoms with Gasteiger partial charge in [-0.1, -0.05) is 110 Å². The van der Waals surface area contributed by atoms with Gasteiger partial charge < -0.3 is 28.4 Å². The van der Waals surface area contributed by atoms with E-state index < -0.39 is 24.8 Å². The van der Waals surface area contributed by atoms with Crippen LogP contribution in [0.25, 0.3) is 0 Å². The van der Waals surface area contributed by atoms with E-state index in [0.717, 1.165) is 29.5 Å². The Balaban J connectivity index is 1.27. The molecule has 2 heterocycles. The van der Waals surface area contributed by atoms with Crippen molar-refractivity contribution in [1.29, 1.82) is 0 Å². The second-order valence-corrected chi connectivity index (χ2v) is 10.6. The second-order valence-electron chi connectivity index (χ2n) is 10.6. The maximum Gasteiger partial charge on any atom is 0.187 e. The predicted molar refractivity (Wildman–Crippen MR) is 147 cm³/mol. The molecule has 206 valence electrons. The number of benzene rings is 3. The molecular weight excluding hydrogens is 492 g/mol. The second kappa shape index (κ2) is 13.2. The van der Waals surface area contributed by atoms with E-state index in [0.29, 0.717) is 19.8 Å². The van der Waals surface area contributed by atoms with E-state index >= 15 is 0 Å². The van der Waals surface area contributed by atoms with Gasteiger partial charge in [-0.2, -0.15) is 0 Å². The van der Waals surface area contributed by atoms with Crippen molar-refractivity contribution in [3.8, 4) is 0 Å². The van der Waals surface area contributed by atoms with Gasteiger partial charge in [0.05, 0.1) is 25.9 Å². The molecule has 0 amide bonds. The van der Waals surface area contributed by atoms with Gasteiger partial charge in [0.15, 0.2) is 12.6 Å². The van der Waals surface area contributed by atoms with Crippen LogP contribution in [-0.4, -0.2) is 43.4 Å². The van der Waals surface area contributed by atoms with Gasteiger partial charge in [-0.25, -0.2) is 0 Å². The molecule has 0 spiro atoms. The quantitative estimate of drug-likeness (QED) is 0.322. The van der Waals surface area contributed by atoms with Crippen LogP contribution >= 0.6 is 0 Å². The first kappa shape index (κ1) is 26.6. The van der Waals surface area contributed by atoms with Crippen molar-refractivity contribution in [3.63, 3.8) is 0 Å². The summed E-state index contributed by atoms with van der Waals surface area (Å²) in [4.78, 5) is 0. The highest BCUT2D eigenvalue weighted by Crippen LogP contribution is 2.38. The minimum absolute atomic E-state index is 0.153. The van der Waals surface area contributed by atoms with Gasteiger partial charge in [0.2, 0.25) is 0 Å². The fraction of sp³-hybridized carbons (Fsp3) is 0.455. The zero-order chi connectivity index (χ0) is 26.3. The molecule has 6 heteroatoms. The minimum Gasteiger partial charge on any atom is -0.368 e. The summed E-state index contributed by atoms with van der Waals surface area (Å²) in [6, 6.07) is 30.4. The Hall–Kier alpha value is -2.58. The lowest BCUT2D eigenvalue weighted by molar-refractivity contribution is -0.377. The van der Waals surface area contributed by atoms with Crippen molar-refractivity contribution in [2.75, 3.05) is 6.61 Å². The molecule has 2 saturated heterocycles. The molecule has 6 atom stereocenters. The first-order valence-electron chi connectivity index (χ1n) is 14.3. The van der Waals surface area contributed by atoms with E-state index in [1.807, 2.05) is 66.7 Å². The maximum atomic E-state index is 6.68. The lowest BCUT2D eigenvalue weighted by atomic mass is 9.95. The SMILES string of the molecule is c1ccc(CO[C@H]2[C@@H]3OC(c4ccccc4)OC[C@H]3OC(OC3CCCCC3)[C@H]2OCc2ccccc2)cc1. The van der Waals surface area contributed by atoms with Crippen LogP contribution < -0.4 is 0 Å². The summed E-state index contributed by atoms with van der Waals surface area (Å²) >= 11 is 0. The molecule has 0 radical (unpaired) electrons. The van der Waals surface area contributed by atoms with Crippen LogP contribution in [-0.2, 0) is 41.6 Å². The highest BCUT2D eigenvalue weighted by Gasteiger charge is 2.52. The third-order valence-corrected chi connectivity index (χ3v) is 7.80. The van der Waals surface area contributed by atoms with Gasteiger partial charge in [-0.15, -0.1) is 0 Å². The third-order valence-electron chi connectivity index (χ3n) is 7.80. The van der Waals surface area contributed by atoms with Gasteiger partial charge in [0.25, 0.3) is 0 Å². The van der Waals surface area contributed by atoms with Crippen molar-refractivity contribution in [2.45, 2.75) is 88.4 Å². The third kappa shape index (κ3) is 6.77. The Bertz CT molecular complexity index is 1120. The van der Waals surface area contributed by atoms with Crippen molar-refractivity contribution in [2.24, 2.45) is 0 Å². The van der Waals surface area contributed by atoms with Crippen molar-refractivity contribution in [3.05, 3.63) is 108 Å². The van der Waals surface area contributed by atoms with Crippen LogP contribution in [0.2, 0.25) is 0 Å². The highest BCUT2D eigenvalue weighted by molar-refractivity contribution is 5.17. The lowest BCUT2D eigenvalue weighted by Crippen LogP contribution is -2.64. The van der Waals surface area contributed by atoms with Crippen LogP contribution in [0.3, 0.4) is 0 Å². The minimum atomic E-state index is -0.570. The molecule has 0 bridgehead atoms. The number of fused-ring (bicyclic) bond motifs is 1. The number of ether oxygens (including phenoxy) is 6. The molecule has 3 aromatic rings. The molecule has 0 aromatic heterocycles. The Morgan fingerprint density at radius 1 is 0.641 bits per heavy atom. The fourth-order valence-corrected chi connectivity index (χ4v) is 5.73. The average molecular weight is 531 g/mol. The molecule has 6 rings (SSSR count). The Morgan fingerprint density at radius 2 is 1.23 bits per heavy atom. The molecule has 6 nitrogen and oxygen atoms in total. The van der Waals surface area contributed by atoms with Crippen LogP contribution in [0.5, 0.6) is 0 Å². The van der Waals surface area contributed by atoms with E-state index in [4.69, 9.17) is 28.4 Å². The molecule has 3 fully saturated rings. The molecule has 0 N–H and O–H groups in total. The summed E-state index contributed by atoms with van der Waals surface area (Å²) in [6.07, 6.45) is 3.21. The van der Waals surface area contributed by atoms with E-state index in [1.54, 1.807) is 0 Å². The fourth-order valence-electron chi connectivity index (χ4n) is 5.73. The van der Waals surface area contributed by atoms with Crippen LogP contribution in [0.15, 0.2) is 91.0 Å². The number of rotatable bonds is 9. The van der Waals surface area contributed by atoms with Crippen LogP contribution in [0.4, 0.5) is 0 Å². The molecule has 2 unspecified atom stereocenters. The van der Waals surface area contributed by atoms with E-state index in [1.165, 1.54) is 19.3 Å². The first-order chi connectivity index (χ1) is 19.3. The van der Waals surface area contributed by atoms with Gasteiger partial charge in [0.1, 0.15) is 24.4 Å². The zero-order valence-electron chi connectivity index (χ0n) is 22.3. The van der Waals surface area contributed by atoms with Gasteiger partial charge in [-0.3, -0.25) is 0 Å². The van der Waals surface area contributed by atoms with E-state index in [9.17, 15) is 0 Å². The summed E-state index contributed by atoms with van der Waals surface area (Å²) < 4.78 is 39.3. The average Bonchev–Trinajstić information content (AvgIpc) is 3.01. The van der Waals surface area contributed by atoms with E-state index in [2.05, 4.69) is 24.3 Å². The monoisotopic (exact) mass is 530 g/mol. The summed E-state index contributed by atoms with van der Waals surface area (Å²) in [6.45, 7) is 1.27. The molecule has 39 heavy (non-hydrogen) atoms. The highest BCUT2D eigenvalue weighted by atomic mass is 16.8. The normalized spacial score (nSPS) is 29.5. The van der Waals surface area contributed by atoms with Crippen molar-refractivity contribution in [1.82, 2.24) is 0 Å². The summed E-state index contributed by atoms with van der Waals surface area (Å²) in [7, 11) is 0. The standard InChI is InChI=1S/C33H38O6/c1-5-13-24(14-6-1)21-34-30-29-28(23-36-32(39-29)26-17-9-3-10-18-26)38-33(37-27-19-11-4-12-20-27)31(30)35-22-25-15-7-2-8-16-25/h1-3,5-10,13-18,27-33H,4,11-12,19-23H2/t28-,29-,30+,31+,32?,33?/m1/s1. The van der Waals surface area contributed by atoms with Crippen LogP contribution in [0, 0.1) is 0 Å². The topological polar surface area (TPSA) is 55.4 Å². The van der Waals surface area contributed by atoms with Gasteiger partial charge >= 0.3 is 0 Å². The molecular formula is C33H38O6. The smallest absolute Gasteiger partial charge is 0.187 e. The maximum absolute atomic E-state index is 6.68. The molecule has 1 aliphatic carbocycles. The zero-order valence-corrected chi connectivity index (χ0v) is 22.3. The largest absolute Gasteiger partial charge is 0.368 e. The van der Waals surface area contributed by atoms with E-state index in [-0.39, 0.29) is 18.3 Å². The molecule has 1 saturated carbocycles. The van der Waals surface area contributed by atoms with Gasteiger partial charge in [-0.05, 0) is 24.0 Å². The molecule has 3 aliphatic rings. The Morgan fingerprint density at radius 3 is 1.87 bits per heavy atom. The number of hydrogen-bond donors (Lipinski definition) is 0. The first-order valence-corrected chi connectivity index (χ1v) is 14.3. The molecule has 2 aliphatic heterocycles. The summed E-state index contributed by atoms with van der Waals surface area (Å²) in [5.74, 6) is 0. The Kier molecular flexibility index (Phi) is 9.00. The Labute approximate surface area is 231 Å². The number of hydrogen-bond acceptors (Lipinski definition) is 6. The summed E-state index contributed by atoms with van der Waals surface area (Å²) in [5.41, 5.74) is 3.16.